The molecule has 1 aliphatic heterocycles. The van der Waals surface area contributed by atoms with E-state index < -0.39 is 11.1 Å². The van der Waals surface area contributed by atoms with Crippen LogP contribution in [0.4, 0.5) is 0 Å². The van der Waals surface area contributed by atoms with E-state index in [1.54, 1.807) is 0 Å². The van der Waals surface area contributed by atoms with E-state index in [1.165, 1.54) is 60.3 Å². The highest BCUT2D eigenvalue weighted by atomic mass is 16.5. The van der Waals surface area contributed by atoms with Crippen molar-refractivity contribution in [3.05, 3.63) is 34.9 Å². The molecule has 1 heterocycles. The van der Waals surface area contributed by atoms with E-state index in [0.29, 0.717) is 0 Å². The Kier molecular flexibility index (Phi) is 5.34. The van der Waals surface area contributed by atoms with Crippen molar-refractivity contribution < 1.29 is 5.21 Å². The van der Waals surface area contributed by atoms with Crippen LogP contribution < -0.4 is 0 Å². The molecule has 0 amide bonds. The molecule has 0 atom stereocenters. The quantitative estimate of drug-likeness (QED) is 0.591. The fourth-order valence-corrected chi connectivity index (χ4v) is 3.81. The van der Waals surface area contributed by atoms with Gasteiger partial charge in [0.05, 0.1) is 11.1 Å². The molecule has 0 N–H and O–H groups in total. The van der Waals surface area contributed by atoms with Gasteiger partial charge in [0.25, 0.3) is 0 Å². The van der Waals surface area contributed by atoms with E-state index in [-0.39, 0.29) is 0 Å². The summed E-state index contributed by atoms with van der Waals surface area (Å²) < 4.78 is 0. The smallest absolute Gasteiger partial charge is 0.0699 e. The highest BCUT2D eigenvalue weighted by Crippen LogP contribution is 2.48. The maximum Gasteiger partial charge on any atom is 0.0699 e. The summed E-state index contributed by atoms with van der Waals surface area (Å²) in [5.74, 6) is 0. The lowest BCUT2D eigenvalue weighted by Gasteiger charge is -2.32. The largest absolute Gasteiger partial charge is 0.135 e. The minimum absolute atomic E-state index is 0.419. The minimum atomic E-state index is -0.421. The molecule has 0 saturated carbocycles. The Morgan fingerprint density at radius 1 is 0.864 bits per heavy atom. The zero-order chi connectivity index (χ0) is 16.4. The van der Waals surface area contributed by atoms with Gasteiger partial charge in [0, 0.05) is 0 Å². The molecule has 22 heavy (non-hydrogen) atoms. The number of benzene rings is 1. The first-order valence-corrected chi connectivity index (χ1v) is 8.93. The van der Waals surface area contributed by atoms with Crippen LogP contribution in [0.3, 0.4) is 0 Å². The Morgan fingerprint density at radius 3 is 2.14 bits per heavy atom. The minimum Gasteiger partial charge on any atom is -0.135 e. The van der Waals surface area contributed by atoms with E-state index in [2.05, 4.69) is 25.1 Å². The van der Waals surface area contributed by atoms with E-state index in [9.17, 15) is 5.21 Å². The Labute approximate surface area is 136 Å². The molecule has 2 nitrogen and oxygen atoms in total. The van der Waals surface area contributed by atoms with Gasteiger partial charge < -0.3 is 0 Å². The van der Waals surface area contributed by atoms with Gasteiger partial charge in [-0.05, 0) is 57.2 Å². The highest BCUT2D eigenvalue weighted by molar-refractivity contribution is 5.44. The topological polar surface area (TPSA) is 23.1 Å². The zero-order valence-electron chi connectivity index (χ0n) is 15.0. The lowest BCUT2D eigenvalue weighted by atomic mass is 9.88. The Balaban J connectivity index is 2.02. The first-order chi connectivity index (χ1) is 10.3. The van der Waals surface area contributed by atoms with Crippen molar-refractivity contribution in [2.45, 2.75) is 90.6 Å². The van der Waals surface area contributed by atoms with Crippen molar-refractivity contribution in [3.8, 4) is 0 Å². The standard InChI is InChI=1S/C20H32NO/c1-6-7-8-9-10-11-12-16-13-14-17-18(15-16)20(4,5)21(22)19(17,2)3/h13-15H,6-12H2,1-5H3. The summed E-state index contributed by atoms with van der Waals surface area (Å²) in [5.41, 5.74) is 2.96. The van der Waals surface area contributed by atoms with Crippen LogP contribution in [0, 0.1) is 0 Å². The van der Waals surface area contributed by atoms with Crippen LogP contribution in [0.25, 0.3) is 0 Å². The van der Waals surface area contributed by atoms with Gasteiger partial charge in [0.1, 0.15) is 0 Å². The molecule has 1 radical (unpaired) electrons. The maximum absolute atomic E-state index is 12.6. The molecule has 0 unspecified atom stereocenters. The Bertz CT molecular complexity index is 504. The summed E-state index contributed by atoms with van der Waals surface area (Å²) >= 11 is 0. The molecular weight excluding hydrogens is 270 g/mol. The molecule has 1 aromatic carbocycles. The second-order valence-corrected chi connectivity index (χ2v) is 7.81. The monoisotopic (exact) mass is 302 g/mol. The average Bonchev–Trinajstić information content (AvgIpc) is 2.61. The van der Waals surface area contributed by atoms with Crippen LogP contribution in [0.1, 0.15) is 89.8 Å². The lowest BCUT2D eigenvalue weighted by Crippen LogP contribution is -2.41. The first-order valence-electron chi connectivity index (χ1n) is 8.93. The summed E-state index contributed by atoms with van der Waals surface area (Å²) in [6, 6.07) is 6.68. The van der Waals surface area contributed by atoms with Crippen LogP contribution in [-0.4, -0.2) is 5.06 Å². The lowest BCUT2D eigenvalue weighted by molar-refractivity contribution is -0.266. The summed E-state index contributed by atoms with van der Waals surface area (Å²) in [4.78, 5) is 0. The third-order valence-corrected chi connectivity index (χ3v) is 5.24. The fraction of sp³-hybridized carbons (Fsp3) is 0.700. The van der Waals surface area contributed by atoms with Crippen molar-refractivity contribution in [2.24, 2.45) is 0 Å². The van der Waals surface area contributed by atoms with E-state index >= 15 is 0 Å². The number of hydrogen-bond donors (Lipinski definition) is 0. The van der Waals surface area contributed by atoms with Gasteiger partial charge in [-0.2, -0.15) is 0 Å². The number of unbranched alkanes of at least 4 members (excludes halogenated alkanes) is 5. The number of aryl methyl sites for hydroxylation is 1. The molecule has 0 fully saturated rings. The van der Waals surface area contributed by atoms with Gasteiger partial charge in [0.15, 0.2) is 0 Å². The molecule has 0 saturated heterocycles. The molecule has 0 bridgehead atoms. The fourth-order valence-electron chi connectivity index (χ4n) is 3.81. The molecule has 0 aliphatic carbocycles. The van der Waals surface area contributed by atoms with Gasteiger partial charge in [-0.15, -0.1) is 10.3 Å². The Morgan fingerprint density at radius 2 is 1.45 bits per heavy atom. The summed E-state index contributed by atoms with van der Waals surface area (Å²) in [7, 11) is 0. The van der Waals surface area contributed by atoms with Crippen LogP contribution in [0.15, 0.2) is 18.2 Å². The third kappa shape index (κ3) is 3.23. The number of fused-ring (bicyclic) bond motifs is 1. The van der Waals surface area contributed by atoms with Crippen molar-refractivity contribution in [3.63, 3.8) is 0 Å². The highest BCUT2D eigenvalue weighted by Gasteiger charge is 2.49. The molecule has 0 aromatic heterocycles. The van der Waals surface area contributed by atoms with Gasteiger partial charge in [-0.1, -0.05) is 57.2 Å². The Hall–Kier alpha value is -0.860. The number of nitrogens with zero attached hydrogens (tertiary/aromatic N) is 1. The SMILES string of the molecule is CCCCCCCCc1ccc2c(c1)C(C)(C)N([O])C2(C)C. The third-order valence-electron chi connectivity index (χ3n) is 5.24. The van der Waals surface area contributed by atoms with E-state index in [1.807, 2.05) is 27.7 Å². The number of hydroxylamine groups is 2. The second kappa shape index (κ2) is 6.72. The van der Waals surface area contributed by atoms with Gasteiger partial charge in [-0.25, -0.2) is 0 Å². The molecule has 2 heteroatoms. The predicted molar refractivity (Wildman–Crippen MR) is 92.1 cm³/mol. The van der Waals surface area contributed by atoms with E-state index in [4.69, 9.17) is 0 Å². The molecule has 123 valence electrons. The molecule has 2 rings (SSSR count). The van der Waals surface area contributed by atoms with E-state index in [0.717, 1.165) is 6.42 Å². The summed E-state index contributed by atoms with van der Waals surface area (Å²) in [6.07, 6.45) is 9.10. The first kappa shape index (κ1) is 17.5. The summed E-state index contributed by atoms with van der Waals surface area (Å²) in [5, 5.41) is 13.9. The van der Waals surface area contributed by atoms with Crippen LogP contribution >= 0.6 is 0 Å². The number of hydrogen-bond acceptors (Lipinski definition) is 1. The molecule has 1 aliphatic rings. The van der Waals surface area contributed by atoms with Crippen molar-refractivity contribution in [1.29, 1.82) is 0 Å². The van der Waals surface area contributed by atoms with Crippen LogP contribution in [0.5, 0.6) is 0 Å². The number of rotatable bonds is 7. The summed E-state index contributed by atoms with van der Waals surface area (Å²) in [6.45, 7) is 10.4. The maximum atomic E-state index is 12.6. The molecular formula is C20H32NO. The average molecular weight is 302 g/mol. The molecule has 0 spiro atoms. The van der Waals surface area contributed by atoms with Crippen molar-refractivity contribution in [1.82, 2.24) is 5.06 Å². The second-order valence-electron chi connectivity index (χ2n) is 7.81. The normalized spacial score (nSPS) is 19.4. The van der Waals surface area contributed by atoms with Gasteiger partial charge in [0.2, 0.25) is 0 Å². The molecule has 1 aromatic rings. The predicted octanol–water partition coefficient (Wildman–Crippen LogP) is 5.72. The van der Waals surface area contributed by atoms with Gasteiger partial charge in [-0.3, -0.25) is 0 Å². The zero-order valence-corrected chi connectivity index (χ0v) is 15.0. The van der Waals surface area contributed by atoms with Gasteiger partial charge >= 0.3 is 0 Å². The van der Waals surface area contributed by atoms with Crippen LogP contribution in [0.2, 0.25) is 0 Å². The van der Waals surface area contributed by atoms with Crippen molar-refractivity contribution in [2.75, 3.05) is 0 Å². The van der Waals surface area contributed by atoms with Crippen LogP contribution in [-0.2, 0) is 22.7 Å². The van der Waals surface area contributed by atoms with Crippen molar-refractivity contribution >= 4 is 0 Å².